The minimum absolute atomic E-state index is 0.0959. The number of para-hydroxylation sites is 1. The lowest BCUT2D eigenvalue weighted by atomic mass is 10.2. The summed E-state index contributed by atoms with van der Waals surface area (Å²) in [5, 5.41) is 7.55. The Labute approximate surface area is 173 Å². The predicted octanol–water partition coefficient (Wildman–Crippen LogP) is 3.34. The van der Waals surface area contributed by atoms with E-state index in [-0.39, 0.29) is 18.4 Å². The van der Waals surface area contributed by atoms with E-state index in [0.717, 1.165) is 29.3 Å². The van der Waals surface area contributed by atoms with Crippen LogP contribution in [-0.2, 0) is 14.3 Å². The lowest BCUT2D eigenvalue weighted by Gasteiger charge is -2.23. The second-order valence-electron chi connectivity index (χ2n) is 7.53. The van der Waals surface area contributed by atoms with Gasteiger partial charge in [0.2, 0.25) is 5.91 Å². The Hall–Kier alpha value is -2.67. The smallest absolute Gasteiger partial charge is 0.320 e. The fraction of sp³-hybridized carbons (Fsp3) is 0.500. The number of benzene rings is 1. The Morgan fingerprint density at radius 1 is 1.21 bits per heavy atom. The number of aromatic nitrogens is 2. The van der Waals surface area contributed by atoms with Gasteiger partial charge in [-0.1, -0.05) is 32.0 Å². The fourth-order valence-electron chi connectivity index (χ4n) is 3.25. The molecule has 0 saturated heterocycles. The van der Waals surface area contributed by atoms with Crippen LogP contribution in [0.2, 0.25) is 0 Å². The summed E-state index contributed by atoms with van der Waals surface area (Å²) in [5.74, 6) is 0.0342. The van der Waals surface area contributed by atoms with E-state index in [0.29, 0.717) is 25.5 Å². The third-order valence-corrected chi connectivity index (χ3v) is 4.49. The van der Waals surface area contributed by atoms with Crippen LogP contribution in [0.1, 0.15) is 38.6 Å². The number of amides is 1. The van der Waals surface area contributed by atoms with Gasteiger partial charge in [-0.05, 0) is 38.8 Å². The summed E-state index contributed by atoms with van der Waals surface area (Å²) in [6, 6.07) is 9.82. The monoisotopic (exact) mass is 400 g/mol. The van der Waals surface area contributed by atoms with Gasteiger partial charge in [0.1, 0.15) is 0 Å². The van der Waals surface area contributed by atoms with E-state index in [1.807, 2.05) is 53.8 Å². The molecule has 1 heterocycles. The molecule has 158 valence electrons. The number of hydrogen-bond donors (Lipinski definition) is 1. The summed E-state index contributed by atoms with van der Waals surface area (Å²) >= 11 is 0. The van der Waals surface area contributed by atoms with Gasteiger partial charge in [-0.2, -0.15) is 5.10 Å². The van der Waals surface area contributed by atoms with Crippen LogP contribution in [0, 0.1) is 19.8 Å². The topological polar surface area (TPSA) is 76.5 Å². The summed E-state index contributed by atoms with van der Waals surface area (Å²) in [4.78, 5) is 26.4. The molecule has 29 heavy (non-hydrogen) atoms. The first-order valence-electron chi connectivity index (χ1n) is 10.1. The van der Waals surface area contributed by atoms with E-state index in [1.165, 1.54) is 0 Å². The van der Waals surface area contributed by atoms with Gasteiger partial charge >= 0.3 is 5.97 Å². The molecule has 0 radical (unpaired) electrons. The van der Waals surface area contributed by atoms with Crippen LogP contribution in [0.5, 0.6) is 0 Å². The maximum atomic E-state index is 12.6. The Balaban J connectivity index is 2.00. The molecule has 0 unspecified atom stereocenters. The molecule has 2 rings (SSSR count). The molecule has 0 aliphatic heterocycles. The first kappa shape index (κ1) is 22.6. The van der Waals surface area contributed by atoms with Crippen LogP contribution in [0.25, 0.3) is 5.69 Å². The van der Waals surface area contributed by atoms with Gasteiger partial charge in [-0.15, -0.1) is 0 Å². The van der Waals surface area contributed by atoms with Crippen molar-refractivity contribution in [3.05, 3.63) is 41.7 Å². The van der Waals surface area contributed by atoms with Gasteiger partial charge in [-0.3, -0.25) is 14.5 Å². The van der Waals surface area contributed by atoms with E-state index >= 15 is 0 Å². The van der Waals surface area contributed by atoms with E-state index in [1.54, 1.807) is 6.92 Å². The highest BCUT2D eigenvalue weighted by Crippen LogP contribution is 2.22. The average molecular weight is 401 g/mol. The molecular weight excluding hydrogens is 368 g/mol. The van der Waals surface area contributed by atoms with E-state index < -0.39 is 0 Å². The van der Waals surface area contributed by atoms with E-state index in [9.17, 15) is 9.59 Å². The molecule has 0 aliphatic carbocycles. The van der Waals surface area contributed by atoms with Gasteiger partial charge in [0.15, 0.2) is 0 Å². The third-order valence-electron chi connectivity index (χ3n) is 4.49. The van der Waals surface area contributed by atoms with Gasteiger partial charge in [0.05, 0.1) is 35.9 Å². The van der Waals surface area contributed by atoms with Crippen molar-refractivity contribution in [2.75, 3.05) is 31.6 Å². The van der Waals surface area contributed by atoms with Crippen molar-refractivity contribution >= 4 is 17.6 Å². The maximum absolute atomic E-state index is 12.6. The number of anilines is 1. The van der Waals surface area contributed by atoms with Crippen molar-refractivity contribution in [3.63, 3.8) is 0 Å². The summed E-state index contributed by atoms with van der Waals surface area (Å²) < 4.78 is 6.87. The number of nitrogens with one attached hydrogen (secondary N) is 1. The molecule has 7 nitrogen and oxygen atoms in total. The van der Waals surface area contributed by atoms with E-state index in [2.05, 4.69) is 24.3 Å². The number of carbonyl (C=O) groups is 2. The largest absolute Gasteiger partial charge is 0.465 e. The molecule has 1 N–H and O–H groups in total. The van der Waals surface area contributed by atoms with Crippen molar-refractivity contribution in [2.45, 2.75) is 41.0 Å². The molecule has 0 saturated carbocycles. The van der Waals surface area contributed by atoms with Crippen LogP contribution >= 0.6 is 0 Å². The molecule has 1 aromatic carbocycles. The maximum Gasteiger partial charge on any atom is 0.320 e. The highest BCUT2D eigenvalue weighted by molar-refractivity contribution is 5.92. The second-order valence-corrected chi connectivity index (χ2v) is 7.53. The molecule has 7 heteroatoms. The zero-order chi connectivity index (χ0) is 21.4. The van der Waals surface area contributed by atoms with Gasteiger partial charge in [-0.25, -0.2) is 4.68 Å². The Morgan fingerprint density at radius 2 is 1.90 bits per heavy atom. The van der Waals surface area contributed by atoms with Crippen LogP contribution in [-0.4, -0.2) is 52.8 Å². The average Bonchev–Trinajstić information content (AvgIpc) is 2.95. The number of rotatable bonds is 10. The molecule has 1 aromatic heterocycles. The first-order chi connectivity index (χ1) is 13.8. The Morgan fingerprint density at radius 3 is 2.52 bits per heavy atom. The highest BCUT2D eigenvalue weighted by Gasteiger charge is 2.18. The van der Waals surface area contributed by atoms with Crippen molar-refractivity contribution in [3.8, 4) is 5.69 Å². The van der Waals surface area contributed by atoms with Crippen molar-refractivity contribution < 1.29 is 14.3 Å². The third kappa shape index (κ3) is 6.71. The number of hydrogen-bond acceptors (Lipinski definition) is 5. The van der Waals surface area contributed by atoms with Gasteiger partial charge < -0.3 is 10.1 Å². The molecule has 0 bridgehead atoms. The number of nitrogens with zero attached hydrogens (tertiary/aromatic N) is 3. The van der Waals surface area contributed by atoms with Crippen LogP contribution in [0.3, 0.4) is 0 Å². The van der Waals surface area contributed by atoms with Gasteiger partial charge in [0, 0.05) is 19.5 Å². The number of carbonyl (C=O) groups excluding carboxylic acids is 2. The molecule has 0 spiro atoms. The van der Waals surface area contributed by atoms with Crippen LogP contribution < -0.4 is 5.32 Å². The Bertz CT molecular complexity index is 815. The van der Waals surface area contributed by atoms with E-state index in [4.69, 9.17) is 4.74 Å². The van der Waals surface area contributed by atoms with Gasteiger partial charge in [0.25, 0.3) is 0 Å². The summed E-state index contributed by atoms with van der Waals surface area (Å²) in [6.07, 6.45) is 0.293. The Kier molecular flexibility index (Phi) is 8.39. The first-order valence-corrected chi connectivity index (χ1v) is 10.1. The predicted molar refractivity (Wildman–Crippen MR) is 114 cm³/mol. The van der Waals surface area contributed by atoms with Crippen molar-refractivity contribution in [1.82, 2.24) is 14.7 Å². The minimum atomic E-state index is -0.260. The zero-order valence-corrected chi connectivity index (χ0v) is 18.1. The minimum Gasteiger partial charge on any atom is -0.465 e. The lowest BCUT2D eigenvalue weighted by Crippen LogP contribution is -2.36. The van der Waals surface area contributed by atoms with Crippen LogP contribution in [0.15, 0.2) is 30.3 Å². The lowest BCUT2D eigenvalue weighted by molar-refractivity contribution is -0.144. The highest BCUT2D eigenvalue weighted by atomic mass is 16.5. The molecule has 0 aliphatic rings. The SMILES string of the molecule is CCOC(=O)CN(CCC(=O)Nc1c(C)nn(-c2ccccc2)c1C)CC(C)C. The molecule has 0 atom stereocenters. The summed E-state index contributed by atoms with van der Waals surface area (Å²) in [6.45, 7) is 11.6. The number of esters is 1. The van der Waals surface area contributed by atoms with Crippen molar-refractivity contribution in [1.29, 1.82) is 0 Å². The second kappa shape index (κ2) is 10.8. The standard InChI is InChI=1S/C22H32N4O3/c1-6-29-21(28)15-25(14-16(2)3)13-12-20(27)23-22-17(4)24-26(18(22)5)19-10-8-7-9-11-19/h7-11,16H,6,12-15H2,1-5H3,(H,23,27). The zero-order valence-electron chi connectivity index (χ0n) is 18.1. The molecule has 2 aromatic rings. The molecule has 0 fully saturated rings. The number of aryl methyl sites for hydroxylation is 1. The summed E-state index contributed by atoms with van der Waals surface area (Å²) in [5.41, 5.74) is 3.34. The normalized spacial score (nSPS) is 11.1. The molecular formula is C22H32N4O3. The number of ether oxygens (including phenoxy) is 1. The fourth-order valence-corrected chi connectivity index (χ4v) is 3.25. The quantitative estimate of drug-likeness (QED) is 0.619. The van der Waals surface area contributed by atoms with Crippen LogP contribution in [0.4, 0.5) is 5.69 Å². The van der Waals surface area contributed by atoms with Crippen molar-refractivity contribution in [2.24, 2.45) is 5.92 Å². The summed E-state index contributed by atoms with van der Waals surface area (Å²) in [7, 11) is 0. The molecule has 1 amide bonds.